The molecular weight excluding hydrogens is 214 g/mol. The van der Waals surface area contributed by atoms with Crippen molar-refractivity contribution in [1.82, 2.24) is 9.97 Å². The number of aliphatic imine (C=N–C) groups is 1. The number of carbonyl (C=O) groups excluding carboxylic acids is 1. The SMILES string of the molecule is CC1=CC(=Nc2cnccn2)C(C)=C(C)C1=O. The molecule has 0 amide bonds. The van der Waals surface area contributed by atoms with Gasteiger partial charge in [0.1, 0.15) is 0 Å². The lowest BCUT2D eigenvalue weighted by molar-refractivity contribution is -0.112. The summed E-state index contributed by atoms with van der Waals surface area (Å²) in [6, 6.07) is 0. The number of hydrogen-bond acceptors (Lipinski definition) is 4. The highest BCUT2D eigenvalue weighted by Gasteiger charge is 2.18. The molecule has 0 radical (unpaired) electrons. The van der Waals surface area contributed by atoms with Gasteiger partial charge >= 0.3 is 0 Å². The van der Waals surface area contributed by atoms with Gasteiger partial charge in [-0.2, -0.15) is 0 Å². The minimum atomic E-state index is 0.0839. The Morgan fingerprint density at radius 3 is 2.53 bits per heavy atom. The Balaban J connectivity index is 2.47. The first-order chi connectivity index (χ1) is 8.09. The van der Waals surface area contributed by atoms with E-state index >= 15 is 0 Å². The summed E-state index contributed by atoms with van der Waals surface area (Å²) >= 11 is 0. The number of aromatic nitrogens is 2. The summed E-state index contributed by atoms with van der Waals surface area (Å²) in [4.78, 5) is 24.2. The van der Waals surface area contributed by atoms with Crippen LogP contribution in [-0.2, 0) is 4.79 Å². The third-order valence-corrected chi connectivity index (χ3v) is 2.78. The molecule has 4 heteroatoms. The van der Waals surface area contributed by atoms with Gasteiger partial charge in [-0.3, -0.25) is 9.78 Å². The number of allylic oxidation sites excluding steroid dienone is 4. The van der Waals surface area contributed by atoms with Gasteiger partial charge in [-0.15, -0.1) is 0 Å². The normalized spacial score (nSPS) is 18.6. The number of rotatable bonds is 1. The van der Waals surface area contributed by atoms with Crippen molar-refractivity contribution < 1.29 is 4.79 Å². The van der Waals surface area contributed by atoms with Crippen LogP contribution in [0.4, 0.5) is 5.82 Å². The molecule has 0 aromatic carbocycles. The summed E-state index contributed by atoms with van der Waals surface area (Å²) in [5, 5.41) is 0. The van der Waals surface area contributed by atoms with Gasteiger partial charge in [-0.05, 0) is 38.0 Å². The van der Waals surface area contributed by atoms with Crippen LogP contribution in [0, 0.1) is 0 Å². The van der Waals surface area contributed by atoms with Gasteiger partial charge in [0.2, 0.25) is 0 Å². The molecule has 0 spiro atoms. The second-order valence-corrected chi connectivity index (χ2v) is 3.97. The van der Waals surface area contributed by atoms with Crippen molar-refractivity contribution in [2.24, 2.45) is 4.99 Å². The van der Waals surface area contributed by atoms with E-state index in [0.717, 1.165) is 16.9 Å². The van der Waals surface area contributed by atoms with Crippen LogP contribution in [0.1, 0.15) is 20.8 Å². The minimum Gasteiger partial charge on any atom is -0.289 e. The maximum absolute atomic E-state index is 11.7. The van der Waals surface area contributed by atoms with Crippen LogP contribution >= 0.6 is 0 Å². The molecule has 0 aliphatic heterocycles. The molecule has 17 heavy (non-hydrogen) atoms. The minimum absolute atomic E-state index is 0.0839. The molecule has 1 aromatic rings. The largest absolute Gasteiger partial charge is 0.289 e. The maximum Gasteiger partial charge on any atom is 0.184 e. The predicted molar refractivity (Wildman–Crippen MR) is 66.3 cm³/mol. The molecule has 86 valence electrons. The molecule has 0 atom stereocenters. The van der Waals surface area contributed by atoms with Crippen molar-refractivity contribution in [3.05, 3.63) is 41.4 Å². The lowest BCUT2D eigenvalue weighted by Crippen LogP contribution is -2.15. The summed E-state index contributed by atoms with van der Waals surface area (Å²) in [5.74, 6) is 0.633. The van der Waals surface area contributed by atoms with Gasteiger partial charge in [0.15, 0.2) is 11.6 Å². The average molecular weight is 227 g/mol. The topological polar surface area (TPSA) is 55.2 Å². The van der Waals surface area contributed by atoms with Crippen LogP contribution < -0.4 is 0 Å². The third-order valence-electron chi connectivity index (χ3n) is 2.78. The molecule has 1 aliphatic rings. The number of nitrogens with zero attached hydrogens (tertiary/aromatic N) is 3. The van der Waals surface area contributed by atoms with E-state index in [-0.39, 0.29) is 5.78 Å². The van der Waals surface area contributed by atoms with Crippen LogP contribution in [-0.4, -0.2) is 21.5 Å². The van der Waals surface area contributed by atoms with Gasteiger partial charge in [-0.25, -0.2) is 9.98 Å². The first kappa shape index (κ1) is 11.4. The van der Waals surface area contributed by atoms with Crippen molar-refractivity contribution in [1.29, 1.82) is 0 Å². The smallest absolute Gasteiger partial charge is 0.184 e. The van der Waals surface area contributed by atoms with Crippen molar-refractivity contribution >= 4 is 17.3 Å². The van der Waals surface area contributed by atoms with E-state index in [1.165, 1.54) is 0 Å². The zero-order valence-electron chi connectivity index (χ0n) is 10.1. The summed E-state index contributed by atoms with van der Waals surface area (Å²) in [5.41, 5.74) is 3.12. The molecule has 0 fully saturated rings. The quantitative estimate of drug-likeness (QED) is 0.692. The highest BCUT2D eigenvalue weighted by Crippen LogP contribution is 2.21. The van der Waals surface area contributed by atoms with E-state index in [1.807, 2.05) is 13.8 Å². The summed E-state index contributed by atoms with van der Waals surface area (Å²) < 4.78 is 0. The number of Topliss-reactive ketones (excluding diaryl/α,β-unsaturated/α-hetero) is 1. The molecule has 0 saturated heterocycles. The van der Waals surface area contributed by atoms with Gasteiger partial charge in [0.25, 0.3) is 0 Å². The number of hydrogen-bond donors (Lipinski definition) is 0. The molecule has 0 unspecified atom stereocenters. The van der Waals surface area contributed by atoms with Crippen molar-refractivity contribution in [2.75, 3.05) is 0 Å². The Bertz CT molecular complexity index is 553. The lowest BCUT2D eigenvalue weighted by atomic mass is 9.92. The Kier molecular flexibility index (Phi) is 2.95. The van der Waals surface area contributed by atoms with Gasteiger partial charge in [0.05, 0.1) is 11.9 Å². The Morgan fingerprint density at radius 1 is 1.12 bits per heavy atom. The van der Waals surface area contributed by atoms with Gasteiger partial charge in [-0.1, -0.05) is 0 Å². The molecular formula is C13H13N3O. The molecule has 0 N–H and O–H groups in total. The van der Waals surface area contributed by atoms with Crippen LogP contribution in [0.5, 0.6) is 0 Å². The fourth-order valence-corrected chi connectivity index (χ4v) is 1.63. The predicted octanol–water partition coefficient (Wildman–Crippen LogP) is 2.41. The second kappa shape index (κ2) is 4.41. The first-order valence-corrected chi connectivity index (χ1v) is 5.35. The van der Waals surface area contributed by atoms with Crippen molar-refractivity contribution in [3.63, 3.8) is 0 Å². The molecule has 1 aromatic heterocycles. The highest BCUT2D eigenvalue weighted by molar-refractivity contribution is 6.24. The summed E-state index contributed by atoms with van der Waals surface area (Å²) in [6.07, 6.45) is 6.58. The average Bonchev–Trinajstić information content (AvgIpc) is 2.35. The first-order valence-electron chi connectivity index (χ1n) is 5.35. The number of carbonyl (C=O) groups is 1. The molecule has 4 nitrogen and oxygen atoms in total. The van der Waals surface area contributed by atoms with E-state index in [2.05, 4.69) is 15.0 Å². The van der Waals surface area contributed by atoms with Crippen LogP contribution in [0.3, 0.4) is 0 Å². The Hall–Kier alpha value is -2.10. The maximum atomic E-state index is 11.7. The molecule has 0 bridgehead atoms. The van der Waals surface area contributed by atoms with E-state index in [9.17, 15) is 4.79 Å². The standard InChI is InChI=1S/C13H13N3O/c1-8-6-11(9(2)10(3)13(8)17)16-12-7-14-4-5-15-12/h4-7H,1-3H3. The number of ketones is 1. The van der Waals surface area contributed by atoms with E-state index in [4.69, 9.17) is 0 Å². The van der Waals surface area contributed by atoms with Gasteiger partial charge in [0, 0.05) is 18.0 Å². The zero-order valence-corrected chi connectivity index (χ0v) is 10.1. The summed E-state index contributed by atoms with van der Waals surface area (Å²) in [6.45, 7) is 5.51. The van der Waals surface area contributed by atoms with Gasteiger partial charge < -0.3 is 0 Å². The fraction of sp³-hybridized carbons (Fsp3) is 0.231. The van der Waals surface area contributed by atoms with E-state index < -0.39 is 0 Å². The highest BCUT2D eigenvalue weighted by atomic mass is 16.1. The van der Waals surface area contributed by atoms with Crippen molar-refractivity contribution in [3.8, 4) is 0 Å². The van der Waals surface area contributed by atoms with E-state index in [1.54, 1.807) is 31.6 Å². The Labute approximate surface area is 99.8 Å². The zero-order chi connectivity index (χ0) is 12.4. The van der Waals surface area contributed by atoms with Crippen LogP contribution in [0.25, 0.3) is 0 Å². The summed E-state index contributed by atoms with van der Waals surface area (Å²) in [7, 11) is 0. The fourth-order valence-electron chi connectivity index (χ4n) is 1.63. The Morgan fingerprint density at radius 2 is 1.88 bits per heavy atom. The lowest BCUT2D eigenvalue weighted by Gasteiger charge is -2.14. The third kappa shape index (κ3) is 2.20. The molecule has 1 heterocycles. The molecule has 0 saturated carbocycles. The van der Waals surface area contributed by atoms with Crippen LogP contribution in [0.15, 0.2) is 46.4 Å². The molecule has 2 rings (SSSR count). The van der Waals surface area contributed by atoms with E-state index in [0.29, 0.717) is 11.4 Å². The second-order valence-electron chi connectivity index (χ2n) is 3.97. The van der Waals surface area contributed by atoms with Crippen LogP contribution in [0.2, 0.25) is 0 Å². The monoisotopic (exact) mass is 227 g/mol. The van der Waals surface area contributed by atoms with Crippen molar-refractivity contribution in [2.45, 2.75) is 20.8 Å². The molecule has 1 aliphatic carbocycles.